The normalized spacial score (nSPS) is 16.1. The first-order chi connectivity index (χ1) is 15.5. The molecule has 32 heavy (non-hydrogen) atoms. The molecule has 0 aromatic heterocycles. The van der Waals surface area contributed by atoms with Gasteiger partial charge >= 0.3 is 11.8 Å². The van der Waals surface area contributed by atoms with Crippen LogP contribution in [0.1, 0.15) is 25.0 Å². The third-order valence-corrected chi connectivity index (χ3v) is 5.16. The maximum Gasteiger partial charge on any atom is 0.317 e. The Morgan fingerprint density at radius 2 is 1.62 bits per heavy atom. The van der Waals surface area contributed by atoms with E-state index < -0.39 is 17.7 Å². The minimum Gasteiger partial charge on any atom is -0.497 e. The van der Waals surface area contributed by atoms with Gasteiger partial charge in [0.25, 0.3) is 5.91 Å². The van der Waals surface area contributed by atoms with E-state index in [2.05, 4.69) is 5.32 Å². The van der Waals surface area contributed by atoms with Crippen molar-refractivity contribution in [1.29, 1.82) is 0 Å². The quantitative estimate of drug-likeness (QED) is 0.581. The van der Waals surface area contributed by atoms with Crippen LogP contribution in [0.3, 0.4) is 0 Å². The minimum atomic E-state index is -0.730. The van der Waals surface area contributed by atoms with E-state index >= 15 is 0 Å². The molecule has 1 aliphatic rings. The number of benzene rings is 2. The van der Waals surface area contributed by atoms with E-state index in [1.54, 1.807) is 19.3 Å². The molecule has 0 atom stereocenters. The summed E-state index contributed by atoms with van der Waals surface area (Å²) in [7, 11) is 1.59. The summed E-state index contributed by atoms with van der Waals surface area (Å²) in [6.45, 7) is 4.52. The molecule has 1 fully saturated rings. The SMILES string of the molecule is CCN(CC)C(=O)C(=O)N1CC(=Cc2ccc(OC)cc2)NC(=O)C1=Cc1ccccc1. The van der Waals surface area contributed by atoms with Crippen LogP contribution in [0.5, 0.6) is 5.75 Å². The van der Waals surface area contributed by atoms with Crippen molar-refractivity contribution in [2.75, 3.05) is 26.7 Å². The van der Waals surface area contributed by atoms with Crippen LogP contribution in [0.2, 0.25) is 0 Å². The Labute approximate surface area is 188 Å². The van der Waals surface area contributed by atoms with Gasteiger partial charge in [0.05, 0.1) is 13.7 Å². The first-order valence-electron chi connectivity index (χ1n) is 10.5. The highest BCUT2D eigenvalue weighted by atomic mass is 16.5. The number of amides is 3. The molecule has 0 radical (unpaired) electrons. The van der Waals surface area contributed by atoms with Crippen LogP contribution in [-0.2, 0) is 14.4 Å². The van der Waals surface area contributed by atoms with Crippen LogP contribution in [-0.4, -0.2) is 54.3 Å². The first kappa shape index (κ1) is 22.8. The summed E-state index contributed by atoms with van der Waals surface area (Å²) in [5, 5.41) is 2.85. The molecule has 2 aromatic carbocycles. The van der Waals surface area contributed by atoms with E-state index in [1.165, 1.54) is 9.80 Å². The smallest absolute Gasteiger partial charge is 0.317 e. The molecule has 1 saturated heterocycles. The monoisotopic (exact) mass is 433 g/mol. The van der Waals surface area contributed by atoms with E-state index in [1.807, 2.05) is 68.4 Å². The van der Waals surface area contributed by atoms with Gasteiger partial charge in [0.2, 0.25) is 0 Å². The number of methoxy groups -OCH3 is 1. The lowest BCUT2D eigenvalue weighted by molar-refractivity contribution is -0.151. The van der Waals surface area contributed by atoms with Gasteiger partial charge in [0.15, 0.2) is 0 Å². The fraction of sp³-hybridized carbons (Fsp3) is 0.240. The number of piperazine rings is 1. The summed E-state index contributed by atoms with van der Waals surface area (Å²) in [5.74, 6) is -1.09. The summed E-state index contributed by atoms with van der Waals surface area (Å²) in [6.07, 6.45) is 3.39. The number of nitrogens with zero attached hydrogens (tertiary/aromatic N) is 2. The lowest BCUT2D eigenvalue weighted by Gasteiger charge is -2.32. The van der Waals surface area contributed by atoms with E-state index in [4.69, 9.17) is 4.74 Å². The topological polar surface area (TPSA) is 79.0 Å². The highest BCUT2D eigenvalue weighted by Crippen LogP contribution is 2.21. The van der Waals surface area contributed by atoms with Gasteiger partial charge in [-0.05, 0) is 49.3 Å². The number of nitrogens with one attached hydrogen (secondary N) is 1. The van der Waals surface area contributed by atoms with Gasteiger partial charge in [-0.25, -0.2) is 0 Å². The predicted molar refractivity (Wildman–Crippen MR) is 123 cm³/mol. The van der Waals surface area contributed by atoms with Gasteiger partial charge in [-0.3, -0.25) is 19.3 Å². The summed E-state index contributed by atoms with van der Waals surface area (Å²) in [5.41, 5.74) is 2.24. The molecule has 7 heteroatoms. The lowest BCUT2D eigenvalue weighted by Crippen LogP contribution is -2.52. The van der Waals surface area contributed by atoms with Crippen LogP contribution in [0.15, 0.2) is 66.0 Å². The minimum absolute atomic E-state index is 0.0717. The summed E-state index contributed by atoms with van der Waals surface area (Å²) in [4.78, 5) is 41.6. The van der Waals surface area contributed by atoms with Crippen LogP contribution in [0.4, 0.5) is 0 Å². The first-order valence-corrected chi connectivity index (χ1v) is 10.5. The molecule has 0 spiro atoms. The summed E-state index contributed by atoms with van der Waals surface area (Å²) < 4.78 is 5.17. The van der Waals surface area contributed by atoms with Crippen LogP contribution >= 0.6 is 0 Å². The van der Waals surface area contributed by atoms with Crippen molar-refractivity contribution in [3.8, 4) is 5.75 Å². The maximum absolute atomic E-state index is 13.2. The second kappa shape index (κ2) is 10.4. The molecule has 1 N–H and O–H groups in total. The highest BCUT2D eigenvalue weighted by molar-refractivity contribution is 6.36. The number of carbonyl (C=O) groups excluding carboxylic acids is 3. The third-order valence-electron chi connectivity index (χ3n) is 5.16. The number of likely N-dealkylation sites (N-methyl/N-ethyl adjacent to an activating group) is 1. The Hall–Kier alpha value is -3.87. The fourth-order valence-corrected chi connectivity index (χ4v) is 3.40. The van der Waals surface area contributed by atoms with Crippen LogP contribution < -0.4 is 10.1 Å². The average molecular weight is 434 g/mol. The molecule has 166 valence electrons. The van der Waals surface area contributed by atoms with Gasteiger partial charge in [-0.2, -0.15) is 0 Å². The molecule has 1 aliphatic heterocycles. The molecule has 3 amide bonds. The number of carbonyl (C=O) groups is 3. The largest absolute Gasteiger partial charge is 0.497 e. The van der Waals surface area contributed by atoms with Crippen molar-refractivity contribution < 1.29 is 19.1 Å². The second-order valence-electron chi connectivity index (χ2n) is 7.21. The van der Waals surface area contributed by atoms with Crippen molar-refractivity contribution in [2.24, 2.45) is 0 Å². The average Bonchev–Trinajstić information content (AvgIpc) is 2.82. The number of hydrogen-bond donors (Lipinski definition) is 1. The van der Waals surface area contributed by atoms with Gasteiger partial charge in [0, 0.05) is 18.8 Å². The Morgan fingerprint density at radius 1 is 1.00 bits per heavy atom. The predicted octanol–water partition coefficient (Wildman–Crippen LogP) is 2.90. The van der Waals surface area contributed by atoms with Gasteiger partial charge in [0.1, 0.15) is 11.4 Å². The van der Waals surface area contributed by atoms with Crippen molar-refractivity contribution in [3.63, 3.8) is 0 Å². The molecule has 0 aliphatic carbocycles. The van der Waals surface area contributed by atoms with E-state index in [0.29, 0.717) is 18.8 Å². The molecule has 3 rings (SSSR count). The van der Waals surface area contributed by atoms with E-state index in [9.17, 15) is 14.4 Å². The standard InChI is InChI=1S/C25H27N3O4/c1-4-27(5-2)24(30)25(31)28-17-20(15-19-11-13-21(32-3)14-12-19)26-23(29)22(28)16-18-9-7-6-8-10-18/h6-16H,4-5,17H2,1-3H3,(H,26,29). The summed E-state index contributed by atoms with van der Waals surface area (Å²) in [6, 6.07) is 16.5. The number of hydrogen-bond acceptors (Lipinski definition) is 4. The lowest BCUT2D eigenvalue weighted by atomic mass is 10.1. The zero-order valence-corrected chi connectivity index (χ0v) is 18.5. The van der Waals surface area contributed by atoms with Gasteiger partial charge in [-0.15, -0.1) is 0 Å². The number of rotatable bonds is 5. The van der Waals surface area contributed by atoms with Crippen molar-refractivity contribution in [3.05, 3.63) is 77.1 Å². The summed E-state index contributed by atoms with van der Waals surface area (Å²) >= 11 is 0. The third kappa shape index (κ3) is 5.24. The Bertz CT molecular complexity index is 1040. The Balaban J connectivity index is 1.97. The van der Waals surface area contributed by atoms with Crippen molar-refractivity contribution >= 4 is 29.9 Å². The molecule has 7 nitrogen and oxygen atoms in total. The van der Waals surface area contributed by atoms with Crippen molar-refractivity contribution in [1.82, 2.24) is 15.1 Å². The molecular formula is C25H27N3O4. The van der Waals surface area contributed by atoms with Crippen molar-refractivity contribution in [2.45, 2.75) is 13.8 Å². The van der Waals surface area contributed by atoms with E-state index in [-0.39, 0.29) is 12.2 Å². The van der Waals surface area contributed by atoms with Crippen LogP contribution in [0, 0.1) is 0 Å². The number of ether oxygens (including phenoxy) is 1. The molecular weight excluding hydrogens is 406 g/mol. The zero-order valence-electron chi connectivity index (χ0n) is 18.5. The van der Waals surface area contributed by atoms with E-state index in [0.717, 1.165) is 16.9 Å². The molecule has 0 saturated carbocycles. The molecule has 0 bridgehead atoms. The van der Waals surface area contributed by atoms with Gasteiger partial charge < -0.3 is 15.0 Å². The van der Waals surface area contributed by atoms with Crippen LogP contribution in [0.25, 0.3) is 12.2 Å². The Morgan fingerprint density at radius 3 is 2.22 bits per heavy atom. The molecule has 0 unspecified atom stereocenters. The fourth-order valence-electron chi connectivity index (χ4n) is 3.40. The maximum atomic E-state index is 13.2. The Kier molecular flexibility index (Phi) is 7.44. The molecule has 2 aromatic rings. The van der Waals surface area contributed by atoms with Gasteiger partial charge in [-0.1, -0.05) is 42.5 Å². The zero-order chi connectivity index (χ0) is 23.1. The second-order valence-corrected chi connectivity index (χ2v) is 7.21. The highest BCUT2D eigenvalue weighted by Gasteiger charge is 2.35. The molecule has 1 heterocycles.